The van der Waals surface area contributed by atoms with Crippen LogP contribution in [0.3, 0.4) is 0 Å². The maximum atomic E-state index is 2.53. The van der Waals surface area contributed by atoms with Crippen LogP contribution in [0.4, 0.5) is 17.1 Å². The van der Waals surface area contributed by atoms with Crippen LogP contribution >= 0.6 is 0 Å². The number of fused-ring (bicyclic) bond motifs is 4. The smallest absolute Gasteiger partial charge is 0.0540 e. The van der Waals surface area contributed by atoms with E-state index < -0.39 is 0 Å². The number of para-hydroxylation sites is 2. The SMILES string of the molecule is CC1(c2ccccc2)c2ccccc2-c2c(-c3ccccc3N(c3ccc(-c4ccccc4)cc3)c3ccccc3-c3cccc4cccc(C5CCCCC5)c34)cccc21. The molecule has 0 saturated heterocycles. The van der Waals surface area contributed by atoms with Gasteiger partial charge in [0.2, 0.25) is 0 Å². The van der Waals surface area contributed by atoms with E-state index in [2.05, 4.69) is 224 Å². The highest BCUT2D eigenvalue weighted by molar-refractivity contribution is 6.05. The summed E-state index contributed by atoms with van der Waals surface area (Å²) >= 11 is 0. The molecule has 1 nitrogen and oxygen atoms in total. The van der Waals surface area contributed by atoms with Crippen LogP contribution in [0.5, 0.6) is 0 Å². The lowest BCUT2D eigenvalue weighted by atomic mass is 9.74. The third-order valence-corrected chi connectivity index (χ3v) is 13.8. The van der Waals surface area contributed by atoms with E-state index in [1.165, 1.54) is 110 Å². The monoisotopic (exact) mass is 783 g/mol. The standard InChI is InChI=1S/C60H49N/c1-60(46-26-9-4-10-27-46)54-34-14-11-30-53(54)59-52(33-19-35-55(59)60)50-29-13-16-37-57(50)61(47-40-38-43(39-41-47)42-20-5-2-6-21-42)56-36-15-12-28-49(56)51-32-18-25-45-24-17-31-48(58(45)51)44-22-7-3-8-23-44/h2,4-6,9-21,24-41,44H,3,7-8,22-23H2,1H3. The summed E-state index contributed by atoms with van der Waals surface area (Å²) < 4.78 is 0. The first kappa shape index (κ1) is 37.1. The lowest BCUT2D eigenvalue weighted by molar-refractivity contribution is 0.445. The molecule has 61 heavy (non-hydrogen) atoms. The van der Waals surface area contributed by atoms with Crippen LogP contribution in [0.2, 0.25) is 0 Å². The van der Waals surface area contributed by atoms with Gasteiger partial charge in [-0.2, -0.15) is 0 Å². The van der Waals surface area contributed by atoms with E-state index in [4.69, 9.17) is 0 Å². The van der Waals surface area contributed by atoms with Gasteiger partial charge in [-0.05, 0) is 116 Å². The Morgan fingerprint density at radius 2 is 0.934 bits per heavy atom. The van der Waals surface area contributed by atoms with Crippen molar-refractivity contribution in [3.8, 4) is 44.5 Å². The van der Waals surface area contributed by atoms with Crippen molar-refractivity contribution < 1.29 is 0 Å². The molecule has 2 aliphatic rings. The molecule has 9 aromatic carbocycles. The topological polar surface area (TPSA) is 3.24 Å². The Kier molecular flexibility index (Phi) is 9.46. The maximum absolute atomic E-state index is 2.53. The van der Waals surface area contributed by atoms with Crippen molar-refractivity contribution in [3.05, 3.63) is 235 Å². The molecular formula is C60H49N. The molecule has 0 spiro atoms. The van der Waals surface area contributed by atoms with Gasteiger partial charge in [0.1, 0.15) is 0 Å². The van der Waals surface area contributed by atoms with Crippen molar-refractivity contribution in [2.24, 2.45) is 0 Å². The van der Waals surface area contributed by atoms with Gasteiger partial charge >= 0.3 is 0 Å². The van der Waals surface area contributed by atoms with Crippen molar-refractivity contribution >= 4 is 27.8 Å². The molecule has 1 saturated carbocycles. The van der Waals surface area contributed by atoms with Gasteiger partial charge in [0, 0.05) is 22.2 Å². The molecular weight excluding hydrogens is 735 g/mol. The molecule has 1 heteroatoms. The normalized spacial score (nSPS) is 16.0. The summed E-state index contributed by atoms with van der Waals surface area (Å²) in [7, 11) is 0. The Morgan fingerprint density at radius 3 is 1.66 bits per heavy atom. The molecule has 0 amide bonds. The predicted molar refractivity (Wildman–Crippen MR) is 258 cm³/mol. The van der Waals surface area contributed by atoms with E-state index >= 15 is 0 Å². The molecule has 2 aliphatic carbocycles. The average Bonchev–Trinajstić information content (AvgIpc) is 3.61. The summed E-state index contributed by atoms with van der Waals surface area (Å²) in [5, 5.41) is 2.71. The lowest BCUT2D eigenvalue weighted by Crippen LogP contribution is -2.22. The van der Waals surface area contributed by atoms with Gasteiger partial charge in [-0.1, -0.05) is 207 Å². The van der Waals surface area contributed by atoms with E-state index in [1.807, 2.05) is 0 Å². The third-order valence-electron chi connectivity index (χ3n) is 13.8. The highest BCUT2D eigenvalue weighted by atomic mass is 15.1. The molecule has 0 radical (unpaired) electrons. The first-order valence-electron chi connectivity index (χ1n) is 22.1. The Hall–Kier alpha value is -6.96. The van der Waals surface area contributed by atoms with E-state index in [0.29, 0.717) is 5.92 Å². The van der Waals surface area contributed by atoms with Gasteiger partial charge in [-0.3, -0.25) is 0 Å². The summed E-state index contributed by atoms with van der Waals surface area (Å²) in [6.45, 7) is 2.41. The zero-order chi connectivity index (χ0) is 40.8. The summed E-state index contributed by atoms with van der Waals surface area (Å²) in [6, 6.07) is 79.0. The number of hydrogen-bond donors (Lipinski definition) is 0. The molecule has 9 aromatic rings. The molecule has 11 rings (SSSR count). The van der Waals surface area contributed by atoms with Crippen LogP contribution in [0.25, 0.3) is 55.3 Å². The van der Waals surface area contributed by atoms with Gasteiger partial charge in [0.25, 0.3) is 0 Å². The fourth-order valence-electron chi connectivity index (χ4n) is 10.8. The van der Waals surface area contributed by atoms with Crippen LogP contribution in [0, 0.1) is 0 Å². The first-order chi connectivity index (χ1) is 30.2. The minimum Gasteiger partial charge on any atom is -0.309 e. The fourth-order valence-corrected chi connectivity index (χ4v) is 10.8. The predicted octanol–water partition coefficient (Wildman–Crippen LogP) is 16.7. The Morgan fingerprint density at radius 1 is 0.410 bits per heavy atom. The number of nitrogens with zero attached hydrogens (tertiary/aromatic N) is 1. The Balaban J connectivity index is 1.15. The molecule has 0 aliphatic heterocycles. The van der Waals surface area contributed by atoms with Crippen molar-refractivity contribution in [1.82, 2.24) is 0 Å². The van der Waals surface area contributed by atoms with Gasteiger partial charge in [-0.25, -0.2) is 0 Å². The van der Waals surface area contributed by atoms with Crippen molar-refractivity contribution in [3.63, 3.8) is 0 Å². The molecule has 0 bridgehead atoms. The van der Waals surface area contributed by atoms with Crippen LogP contribution < -0.4 is 4.90 Å². The van der Waals surface area contributed by atoms with Crippen molar-refractivity contribution in [2.75, 3.05) is 4.90 Å². The first-order valence-corrected chi connectivity index (χ1v) is 22.1. The molecule has 294 valence electrons. The van der Waals surface area contributed by atoms with E-state index in [1.54, 1.807) is 0 Å². The van der Waals surface area contributed by atoms with Gasteiger partial charge in [0.15, 0.2) is 0 Å². The van der Waals surface area contributed by atoms with Crippen LogP contribution in [-0.2, 0) is 5.41 Å². The van der Waals surface area contributed by atoms with Gasteiger partial charge in [-0.15, -0.1) is 0 Å². The Bertz CT molecular complexity index is 3010. The lowest BCUT2D eigenvalue weighted by Gasteiger charge is -2.31. The summed E-state index contributed by atoms with van der Waals surface area (Å²) in [5.74, 6) is 0.581. The second-order valence-electron chi connectivity index (χ2n) is 17.1. The highest BCUT2D eigenvalue weighted by Crippen LogP contribution is 2.56. The number of benzene rings is 9. The van der Waals surface area contributed by atoms with E-state index in [0.717, 1.165) is 17.1 Å². The fraction of sp³-hybridized carbons (Fsp3) is 0.133. The van der Waals surface area contributed by atoms with E-state index in [9.17, 15) is 0 Å². The number of anilines is 3. The largest absolute Gasteiger partial charge is 0.309 e. The average molecular weight is 784 g/mol. The molecule has 0 heterocycles. The minimum atomic E-state index is -0.290. The van der Waals surface area contributed by atoms with Crippen LogP contribution in [0.1, 0.15) is 67.2 Å². The Labute approximate surface area is 360 Å². The zero-order valence-corrected chi connectivity index (χ0v) is 34.8. The summed E-state index contributed by atoms with van der Waals surface area (Å²) in [6.07, 6.45) is 6.48. The van der Waals surface area contributed by atoms with Gasteiger partial charge < -0.3 is 4.90 Å². The second-order valence-corrected chi connectivity index (χ2v) is 17.1. The molecule has 1 fully saturated rings. The summed E-state index contributed by atoms with van der Waals surface area (Å²) in [5.41, 5.74) is 18.7. The maximum Gasteiger partial charge on any atom is 0.0540 e. The number of rotatable bonds is 8. The third kappa shape index (κ3) is 6.30. The zero-order valence-electron chi connectivity index (χ0n) is 34.8. The highest BCUT2D eigenvalue weighted by Gasteiger charge is 2.42. The number of hydrogen-bond acceptors (Lipinski definition) is 1. The second kappa shape index (κ2) is 15.6. The quantitative estimate of drug-likeness (QED) is 0.148. The van der Waals surface area contributed by atoms with Crippen LogP contribution in [0.15, 0.2) is 212 Å². The molecule has 1 unspecified atom stereocenters. The van der Waals surface area contributed by atoms with Crippen molar-refractivity contribution in [2.45, 2.75) is 50.4 Å². The van der Waals surface area contributed by atoms with Crippen molar-refractivity contribution in [1.29, 1.82) is 0 Å². The summed E-state index contributed by atoms with van der Waals surface area (Å²) in [4.78, 5) is 2.53. The minimum absolute atomic E-state index is 0.290. The molecule has 0 aromatic heterocycles. The van der Waals surface area contributed by atoms with Crippen LogP contribution in [-0.4, -0.2) is 0 Å². The molecule has 1 atom stereocenters. The molecule has 0 N–H and O–H groups in total. The van der Waals surface area contributed by atoms with Gasteiger partial charge in [0.05, 0.1) is 11.4 Å². The van der Waals surface area contributed by atoms with E-state index in [-0.39, 0.29) is 5.41 Å².